The van der Waals surface area contributed by atoms with E-state index in [-0.39, 0.29) is 12.2 Å². The van der Waals surface area contributed by atoms with Gasteiger partial charge in [-0.15, -0.1) is 0 Å². The quantitative estimate of drug-likeness (QED) is 0.781. The summed E-state index contributed by atoms with van der Waals surface area (Å²) in [6, 6.07) is 7.52. The van der Waals surface area contributed by atoms with Crippen molar-refractivity contribution in [2.45, 2.75) is 39.9 Å². The Balaban J connectivity index is 3.06. The number of ether oxygens (including phenoxy) is 2. The number of nitriles is 1. The maximum absolute atomic E-state index is 9.12. The van der Waals surface area contributed by atoms with E-state index < -0.39 is 0 Å². The van der Waals surface area contributed by atoms with Crippen molar-refractivity contribution in [2.24, 2.45) is 0 Å². The standard InChI is InChI=1S/C13H17NO2/c1-9(2)15-12-6-5-7-13(11(12)8-14)16-10(3)4/h5-7,9-10H,1-4H3. The third-order valence-electron chi connectivity index (χ3n) is 1.83. The summed E-state index contributed by atoms with van der Waals surface area (Å²) in [5.74, 6) is 1.16. The van der Waals surface area contributed by atoms with Crippen molar-refractivity contribution in [3.8, 4) is 17.6 Å². The zero-order valence-corrected chi connectivity index (χ0v) is 10.2. The maximum atomic E-state index is 9.12. The highest BCUT2D eigenvalue weighted by molar-refractivity contribution is 5.52. The van der Waals surface area contributed by atoms with Gasteiger partial charge >= 0.3 is 0 Å². The van der Waals surface area contributed by atoms with Gasteiger partial charge in [0.25, 0.3) is 0 Å². The fourth-order valence-electron chi connectivity index (χ4n) is 1.33. The number of rotatable bonds is 4. The van der Waals surface area contributed by atoms with E-state index >= 15 is 0 Å². The molecular weight excluding hydrogens is 202 g/mol. The van der Waals surface area contributed by atoms with E-state index in [0.717, 1.165) is 0 Å². The smallest absolute Gasteiger partial charge is 0.141 e. The molecule has 0 bridgehead atoms. The van der Waals surface area contributed by atoms with E-state index in [1.165, 1.54) is 0 Å². The summed E-state index contributed by atoms with van der Waals surface area (Å²) in [6.45, 7) is 7.71. The third-order valence-corrected chi connectivity index (χ3v) is 1.83. The molecule has 0 aliphatic carbocycles. The Morgan fingerprint density at radius 3 is 1.75 bits per heavy atom. The minimum absolute atomic E-state index is 0.0430. The molecule has 3 heteroatoms. The summed E-state index contributed by atoms with van der Waals surface area (Å²) in [5, 5.41) is 9.12. The molecule has 0 saturated carbocycles. The molecule has 1 aromatic carbocycles. The summed E-state index contributed by atoms with van der Waals surface area (Å²) in [5.41, 5.74) is 0.463. The van der Waals surface area contributed by atoms with Crippen LogP contribution in [0.3, 0.4) is 0 Å². The molecular formula is C13H17NO2. The van der Waals surface area contributed by atoms with Crippen LogP contribution in [0, 0.1) is 11.3 Å². The molecule has 3 nitrogen and oxygen atoms in total. The van der Waals surface area contributed by atoms with Crippen molar-refractivity contribution in [1.82, 2.24) is 0 Å². The Morgan fingerprint density at radius 1 is 1.00 bits per heavy atom. The van der Waals surface area contributed by atoms with E-state index in [2.05, 4.69) is 6.07 Å². The second-order valence-electron chi connectivity index (χ2n) is 4.07. The fourth-order valence-corrected chi connectivity index (χ4v) is 1.33. The molecule has 0 amide bonds. The summed E-state index contributed by atoms with van der Waals surface area (Å²) < 4.78 is 11.1. The largest absolute Gasteiger partial charge is 0.489 e. The van der Waals surface area contributed by atoms with E-state index in [1.807, 2.05) is 33.8 Å². The van der Waals surface area contributed by atoms with E-state index in [1.54, 1.807) is 12.1 Å². The fraction of sp³-hybridized carbons (Fsp3) is 0.462. The van der Waals surface area contributed by atoms with Crippen LogP contribution in [0.4, 0.5) is 0 Å². The maximum Gasteiger partial charge on any atom is 0.141 e. The molecule has 0 fully saturated rings. The topological polar surface area (TPSA) is 42.2 Å². The first-order valence-electron chi connectivity index (χ1n) is 5.41. The van der Waals surface area contributed by atoms with Gasteiger partial charge in [-0.1, -0.05) is 6.07 Å². The molecule has 0 aliphatic heterocycles. The van der Waals surface area contributed by atoms with Crippen LogP contribution >= 0.6 is 0 Å². The molecule has 0 heterocycles. The van der Waals surface area contributed by atoms with Crippen LogP contribution in [0.2, 0.25) is 0 Å². The molecule has 0 spiro atoms. The Morgan fingerprint density at radius 2 is 1.44 bits per heavy atom. The van der Waals surface area contributed by atoms with Crippen LogP contribution in [-0.4, -0.2) is 12.2 Å². The lowest BCUT2D eigenvalue weighted by Crippen LogP contribution is -2.10. The van der Waals surface area contributed by atoms with Crippen molar-refractivity contribution in [3.05, 3.63) is 23.8 Å². The van der Waals surface area contributed by atoms with Crippen LogP contribution in [0.1, 0.15) is 33.3 Å². The highest BCUT2D eigenvalue weighted by Crippen LogP contribution is 2.29. The summed E-state index contributed by atoms with van der Waals surface area (Å²) in [7, 11) is 0. The van der Waals surface area contributed by atoms with Crippen molar-refractivity contribution < 1.29 is 9.47 Å². The Kier molecular flexibility index (Phi) is 4.19. The summed E-state index contributed by atoms with van der Waals surface area (Å²) >= 11 is 0. The van der Waals surface area contributed by atoms with Crippen LogP contribution < -0.4 is 9.47 Å². The lowest BCUT2D eigenvalue weighted by Gasteiger charge is -2.15. The molecule has 86 valence electrons. The average molecular weight is 219 g/mol. The number of benzene rings is 1. The second kappa shape index (κ2) is 5.41. The van der Waals surface area contributed by atoms with E-state index in [0.29, 0.717) is 17.1 Å². The molecule has 1 aromatic rings. The Hall–Kier alpha value is -1.69. The molecule has 0 N–H and O–H groups in total. The van der Waals surface area contributed by atoms with Crippen molar-refractivity contribution in [3.63, 3.8) is 0 Å². The van der Waals surface area contributed by atoms with Gasteiger partial charge < -0.3 is 9.47 Å². The van der Waals surface area contributed by atoms with Gasteiger partial charge in [0.1, 0.15) is 23.1 Å². The van der Waals surface area contributed by atoms with Gasteiger partial charge in [-0.05, 0) is 39.8 Å². The zero-order chi connectivity index (χ0) is 12.1. The van der Waals surface area contributed by atoms with Gasteiger partial charge in [0.05, 0.1) is 12.2 Å². The summed E-state index contributed by atoms with van der Waals surface area (Å²) in [4.78, 5) is 0. The van der Waals surface area contributed by atoms with Gasteiger partial charge in [-0.3, -0.25) is 0 Å². The first-order chi connectivity index (χ1) is 7.54. The van der Waals surface area contributed by atoms with Gasteiger partial charge in [0.2, 0.25) is 0 Å². The third kappa shape index (κ3) is 3.16. The van der Waals surface area contributed by atoms with Crippen LogP contribution in [0.25, 0.3) is 0 Å². The van der Waals surface area contributed by atoms with Crippen molar-refractivity contribution in [1.29, 1.82) is 5.26 Å². The molecule has 0 atom stereocenters. The zero-order valence-electron chi connectivity index (χ0n) is 10.2. The van der Waals surface area contributed by atoms with Gasteiger partial charge in [0.15, 0.2) is 0 Å². The van der Waals surface area contributed by atoms with Gasteiger partial charge in [-0.2, -0.15) is 5.26 Å². The Labute approximate surface area is 96.6 Å². The predicted molar refractivity (Wildman–Crippen MR) is 62.7 cm³/mol. The lowest BCUT2D eigenvalue weighted by atomic mass is 10.2. The van der Waals surface area contributed by atoms with E-state index in [9.17, 15) is 0 Å². The van der Waals surface area contributed by atoms with Crippen LogP contribution in [-0.2, 0) is 0 Å². The first-order valence-corrected chi connectivity index (χ1v) is 5.41. The van der Waals surface area contributed by atoms with Gasteiger partial charge in [-0.25, -0.2) is 0 Å². The molecule has 0 radical (unpaired) electrons. The van der Waals surface area contributed by atoms with Gasteiger partial charge in [0, 0.05) is 0 Å². The monoisotopic (exact) mass is 219 g/mol. The number of nitrogens with zero attached hydrogens (tertiary/aromatic N) is 1. The van der Waals surface area contributed by atoms with E-state index in [4.69, 9.17) is 14.7 Å². The average Bonchev–Trinajstić information content (AvgIpc) is 2.16. The molecule has 16 heavy (non-hydrogen) atoms. The van der Waals surface area contributed by atoms with Crippen LogP contribution in [0.5, 0.6) is 11.5 Å². The number of hydrogen-bond donors (Lipinski definition) is 0. The highest BCUT2D eigenvalue weighted by atomic mass is 16.5. The lowest BCUT2D eigenvalue weighted by molar-refractivity contribution is 0.228. The molecule has 0 aromatic heterocycles. The van der Waals surface area contributed by atoms with Crippen molar-refractivity contribution in [2.75, 3.05) is 0 Å². The molecule has 0 unspecified atom stereocenters. The van der Waals surface area contributed by atoms with Crippen molar-refractivity contribution >= 4 is 0 Å². The first kappa shape index (κ1) is 12.4. The minimum atomic E-state index is 0.0430. The molecule has 1 rings (SSSR count). The summed E-state index contributed by atoms with van der Waals surface area (Å²) in [6.07, 6.45) is 0.0859. The predicted octanol–water partition coefficient (Wildman–Crippen LogP) is 3.13. The number of hydrogen-bond acceptors (Lipinski definition) is 3. The SMILES string of the molecule is CC(C)Oc1cccc(OC(C)C)c1C#N. The molecule has 0 saturated heterocycles. The molecule has 0 aliphatic rings. The Bertz CT molecular complexity index is 363. The minimum Gasteiger partial charge on any atom is -0.489 e. The normalized spacial score (nSPS) is 10.3. The van der Waals surface area contributed by atoms with Crippen LogP contribution in [0.15, 0.2) is 18.2 Å². The second-order valence-corrected chi connectivity index (χ2v) is 4.07. The highest BCUT2D eigenvalue weighted by Gasteiger charge is 2.12.